The normalized spacial score (nSPS) is 20.1. The van der Waals surface area contributed by atoms with Crippen molar-refractivity contribution < 1.29 is 33.0 Å². The van der Waals surface area contributed by atoms with Crippen LogP contribution in [0, 0.1) is 11.8 Å². The van der Waals surface area contributed by atoms with E-state index in [1.807, 2.05) is 0 Å². The molecule has 2 saturated carbocycles. The number of aliphatic carboxylic acids is 1. The number of pyridine rings is 1. The van der Waals surface area contributed by atoms with Gasteiger partial charge in [-0.05, 0) is 56.6 Å². The van der Waals surface area contributed by atoms with E-state index >= 15 is 0 Å². The predicted molar refractivity (Wildman–Crippen MR) is 123 cm³/mol. The number of aromatic nitrogens is 4. The van der Waals surface area contributed by atoms with Gasteiger partial charge >= 0.3 is 12.1 Å². The number of nitrogens with zero attached hydrogens (tertiary/aromatic N) is 5. The highest BCUT2D eigenvalue weighted by molar-refractivity contribution is 5.70. The van der Waals surface area contributed by atoms with Crippen molar-refractivity contribution in [2.24, 2.45) is 18.9 Å². The first-order chi connectivity index (χ1) is 17.2. The predicted octanol–water partition coefficient (Wildman–Crippen LogP) is 4.21. The fourth-order valence-electron chi connectivity index (χ4n) is 4.62. The molecule has 36 heavy (non-hydrogen) atoms. The summed E-state index contributed by atoms with van der Waals surface area (Å²) in [5.41, 5.74) is 0.229. The number of carboxylic acids is 1. The molecule has 2 aromatic heterocycles. The van der Waals surface area contributed by atoms with E-state index in [0.29, 0.717) is 37.4 Å². The van der Waals surface area contributed by atoms with Gasteiger partial charge in [-0.25, -0.2) is 23.2 Å². The van der Waals surface area contributed by atoms with Crippen molar-refractivity contribution in [2.75, 3.05) is 13.6 Å². The molecule has 0 saturated heterocycles. The lowest BCUT2D eigenvalue weighted by molar-refractivity contribution is -0.143. The van der Waals surface area contributed by atoms with Crippen LogP contribution in [0.15, 0.2) is 12.1 Å². The second-order valence-electron chi connectivity index (χ2n) is 9.56. The van der Waals surface area contributed by atoms with Gasteiger partial charge in [0.2, 0.25) is 0 Å². The van der Waals surface area contributed by atoms with Crippen LogP contribution >= 0.6 is 0 Å². The Hall–Kier alpha value is -3.31. The molecule has 2 heterocycles. The summed E-state index contributed by atoms with van der Waals surface area (Å²) in [6, 6.07) is 2.89. The van der Waals surface area contributed by atoms with Crippen LogP contribution in [-0.2, 0) is 23.2 Å². The number of halogens is 2. The van der Waals surface area contributed by atoms with Crippen molar-refractivity contribution in [3.63, 3.8) is 0 Å². The van der Waals surface area contributed by atoms with Gasteiger partial charge in [-0.3, -0.25) is 4.79 Å². The Labute approximate surface area is 207 Å². The minimum absolute atomic E-state index is 0.0840. The van der Waals surface area contributed by atoms with Crippen LogP contribution in [0.4, 0.5) is 13.6 Å². The molecule has 0 aliphatic heterocycles. The van der Waals surface area contributed by atoms with Gasteiger partial charge in [0.05, 0.1) is 17.7 Å². The Morgan fingerprint density at radius 3 is 2.64 bits per heavy atom. The summed E-state index contributed by atoms with van der Waals surface area (Å²) in [5, 5.41) is 17.3. The molecule has 2 fully saturated rings. The van der Waals surface area contributed by atoms with Crippen molar-refractivity contribution in [3.05, 3.63) is 23.5 Å². The lowest BCUT2D eigenvalue weighted by atomic mass is 9.85. The molecule has 2 atom stereocenters. The lowest BCUT2D eigenvalue weighted by Gasteiger charge is -2.29. The second kappa shape index (κ2) is 11.2. The van der Waals surface area contributed by atoms with Crippen LogP contribution in [0.1, 0.15) is 62.8 Å². The summed E-state index contributed by atoms with van der Waals surface area (Å²) in [4.78, 5) is 29.4. The second-order valence-corrected chi connectivity index (χ2v) is 9.56. The van der Waals surface area contributed by atoms with Gasteiger partial charge in [0.15, 0.2) is 0 Å². The van der Waals surface area contributed by atoms with Crippen molar-refractivity contribution in [3.8, 4) is 17.1 Å². The molecule has 12 heteroatoms. The highest BCUT2D eigenvalue weighted by Gasteiger charge is 2.30. The van der Waals surface area contributed by atoms with Crippen LogP contribution in [0.5, 0.6) is 5.75 Å². The Morgan fingerprint density at radius 1 is 1.22 bits per heavy atom. The number of amides is 1. The van der Waals surface area contributed by atoms with Gasteiger partial charge < -0.3 is 19.5 Å². The summed E-state index contributed by atoms with van der Waals surface area (Å²) in [6.45, 7) is 0.486. The first-order valence-electron chi connectivity index (χ1n) is 12.2. The fraction of sp³-hybridized carbons (Fsp3) is 0.625. The third-order valence-corrected chi connectivity index (χ3v) is 6.95. The summed E-state index contributed by atoms with van der Waals surface area (Å²) in [5.74, 6) is -1.04. The average molecular weight is 508 g/mol. The molecule has 2 aromatic rings. The molecule has 10 nitrogen and oxygen atoms in total. The molecular weight excluding hydrogens is 476 g/mol. The van der Waals surface area contributed by atoms with Crippen molar-refractivity contribution >= 4 is 12.1 Å². The quantitative estimate of drug-likeness (QED) is 0.536. The zero-order chi connectivity index (χ0) is 25.8. The molecule has 0 aromatic carbocycles. The number of hydrogen-bond acceptors (Lipinski definition) is 7. The van der Waals surface area contributed by atoms with Crippen LogP contribution in [0.2, 0.25) is 0 Å². The van der Waals surface area contributed by atoms with Gasteiger partial charge in [-0.1, -0.05) is 11.6 Å². The molecule has 1 N–H and O–H groups in total. The number of ether oxygens (including phenoxy) is 2. The van der Waals surface area contributed by atoms with E-state index in [0.717, 1.165) is 12.8 Å². The number of alkyl halides is 2. The standard InChI is InChI=1S/C24H31F2N5O5/c1-30(12-14-5-3-6-14)24(34)35-13-18-20(28-29-31(18)2)17-9-10-19(21(27-17)22(25)26)36-16-8-4-7-15(11-16)23(32)33/h9-10,14-16,22H,3-8,11-13H2,1-2H3,(H,32,33)/t15-,16-/m0/s1. The number of carbonyl (C=O) groups is 2. The molecule has 2 aliphatic rings. The Kier molecular flexibility index (Phi) is 8.00. The highest BCUT2D eigenvalue weighted by Crippen LogP contribution is 2.34. The van der Waals surface area contributed by atoms with E-state index in [4.69, 9.17) is 9.47 Å². The average Bonchev–Trinajstić information content (AvgIpc) is 3.20. The number of carboxylic acid groups (broad SMARTS) is 1. The maximum Gasteiger partial charge on any atom is 0.409 e. The Bertz CT molecular complexity index is 1090. The van der Waals surface area contributed by atoms with Gasteiger partial charge in [-0.15, -0.1) is 5.10 Å². The van der Waals surface area contributed by atoms with E-state index in [9.17, 15) is 23.5 Å². The molecule has 0 radical (unpaired) electrons. The zero-order valence-corrected chi connectivity index (χ0v) is 20.4. The van der Waals surface area contributed by atoms with Gasteiger partial charge in [0.1, 0.15) is 29.4 Å². The number of aryl methyl sites for hydroxylation is 1. The van der Waals surface area contributed by atoms with Gasteiger partial charge in [-0.2, -0.15) is 0 Å². The maximum absolute atomic E-state index is 13.9. The number of rotatable bonds is 9. The van der Waals surface area contributed by atoms with Crippen molar-refractivity contribution in [1.82, 2.24) is 24.9 Å². The topological polar surface area (TPSA) is 120 Å². The molecule has 0 bridgehead atoms. The first-order valence-corrected chi connectivity index (χ1v) is 12.2. The monoisotopic (exact) mass is 507 g/mol. The van der Waals surface area contributed by atoms with Crippen LogP contribution in [-0.4, -0.2) is 61.7 Å². The number of hydrogen-bond donors (Lipinski definition) is 1. The minimum Gasteiger partial charge on any atom is -0.488 e. The van der Waals surface area contributed by atoms with E-state index in [2.05, 4.69) is 15.3 Å². The summed E-state index contributed by atoms with van der Waals surface area (Å²) in [6.07, 6.45) is 1.55. The third-order valence-electron chi connectivity index (χ3n) is 6.95. The van der Waals surface area contributed by atoms with Crippen molar-refractivity contribution in [1.29, 1.82) is 0 Å². The van der Waals surface area contributed by atoms with Crippen LogP contribution in [0.3, 0.4) is 0 Å². The zero-order valence-electron chi connectivity index (χ0n) is 20.4. The van der Waals surface area contributed by atoms with Crippen molar-refractivity contribution in [2.45, 2.75) is 64.1 Å². The van der Waals surface area contributed by atoms with Gasteiger partial charge in [0.25, 0.3) is 6.43 Å². The Morgan fingerprint density at radius 2 is 1.97 bits per heavy atom. The first kappa shape index (κ1) is 25.8. The maximum atomic E-state index is 13.9. The molecule has 2 aliphatic carbocycles. The smallest absolute Gasteiger partial charge is 0.409 e. The summed E-state index contributed by atoms with van der Waals surface area (Å²) < 4.78 is 40.5. The van der Waals surface area contributed by atoms with E-state index < -0.39 is 36.2 Å². The van der Waals surface area contributed by atoms with E-state index in [1.165, 1.54) is 28.1 Å². The van der Waals surface area contributed by atoms with Crippen LogP contribution < -0.4 is 4.74 Å². The summed E-state index contributed by atoms with van der Waals surface area (Å²) in [7, 11) is 3.30. The molecule has 0 spiro atoms. The number of carbonyl (C=O) groups excluding carboxylic acids is 1. The molecule has 196 valence electrons. The molecule has 0 unspecified atom stereocenters. The molecular formula is C24H31F2N5O5. The highest BCUT2D eigenvalue weighted by atomic mass is 19.3. The van der Waals surface area contributed by atoms with Gasteiger partial charge in [0, 0.05) is 20.6 Å². The molecule has 1 amide bonds. The van der Waals surface area contributed by atoms with E-state index in [-0.39, 0.29) is 30.2 Å². The molecule has 4 rings (SSSR count). The van der Waals surface area contributed by atoms with Crippen LogP contribution in [0.25, 0.3) is 11.4 Å². The SMILES string of the molecule is CN(CC1CCC1)C(=O)OCc1c(-c2ccc(O[C@H]3CCC[C@H](C(=O)O)C3)c(C(F)F)n2)nnn1C. The fourth-order valence-corrected chi connectivity index (χ4v) is 4.62. The third kappa shape index (κ3) is 5.90. The lowest BCUT2D eigenvalue weighted by Crippen LogP contribution is -2.34. The summed E-state index contributed by atoms with van der Waals surface area (Å²) >= 11 is 0. The van der Waals surface area contributed by atoms with E-state index in [1.54, 1.807) is 14.1 Å². The minimum atomic E-state index is -2.92. The Balaban J connectivity index is 1.48. The largest absolute Gasteiger partial charge is 0.488 e.